The zero-order valence-corrected chi connectivity index (χ0v) is 20.6. The zero-order valence-electron chi connectivity index (χ0n) is 14.2. The molecule has 0 aliphatic carbocycles. The van der Waals surface area contributed by atoms with Crippen molar-refractivity contribution >= 4 is 78.1 Å². The molecule has 0 spiro atoms. The van der Waals surface area contributed by atoms with Crippen LogP contribution in [0.3, 0.4) is 0 Å². The fourth-order valence-corrected chi connectivity index (χ4v) is 4.39. The van der Waals surface area contributed by atoms with Gasteiger partial charge in [-0.05, 0) is 93.8 Å². The maximum absolute atomic E-state index is 8.10. The SMILES string of the molecule is Brc1cncc(-c2ccsc2)c1.Brc1cncc(Br)c1.O[B]Oc1ccsc1. The molecule has 0 amide bonds. The summed E-state index contributed by atoms with van der Waals surface area (Å²) in [6, 6.07) is 7.87. The van der Waals surface area contributed by atoms with Crippen LogP contribution in [0.15, 0.2) is 84.0 Å². The number of thiophene rings is 2. The Bertz CT molecular complexity index is 924. The molecule has 0 unspecified atom stereocenters. The summed E-state index contributed by atoms with van der Waals surface area (Å²) in [4.78, 5) is 7.99. The largest absolute Gasteiger partial charge is 0.569 e. The first-order valence-electron chi connectivity index (χ1n) is 7.62. The maximum Gasteiger partial charge on any atom is 0.569 e. The maximum atomic E-state index is 8.10. The lowest BCUT2D eigenvalue weighted by Crippen LogP contribution is -1.97. The Morgan fingerprint density at radius 1 is 0.786 bits per heavy atom. The summed E-state index contributed by atoms with van der Waals surface area (Å²) in [5, 5.41) is 15.9. The molecule has 0 aromatic carbocycles. The second kappa shape index (κ2) is 13.2. The highest BCUT2D eigenvalue weighted by Gasteiger charge is 1.97. The molecule has 143 valence electrons. The van der Waals surface area contributed by atoms with Gasteiger partial charge in [0.1, 0.15) is 5.75 Å². The van der Waals surface area contributed by atoms with E-state index in [1.807, 2.05) is 17.6 Å². The number of nitrogens with zero attached hydrogens (tertiary/aromatic N) is 2. The Labute approximate surface area is 197 Å². The fourth-order valence-electron chi connectivity index (χ4n) is 1.76. The van der Waals surface area contributed by atoms with Crippen LogP contribution in [0, 0.1) is 0 Å². The molecule has 0 fully saturated rings. The van der Waals surface area contributed by atoms with E-state index in [9.17, 15) is 0 Å². The lowest BCUT2D eigenvalue weighted by atomic mass is 10.2. The molecule has 4 heterocycles. The predicted octanol–water partition coefficient (Wildman–Crippen LogP) is 6.83. The molecule has 1 radical (unpaired) electrons. The average molecular weight is 604 g/mol. The molecule has 0 aliphatic heterocycles. The molecular weight excluding hydrogens is 591 g/mol. The first kappa shape index (κ1) is 23.2. The summed E-state index contributed by atoms with van der Waals surface area (Å²) in [7, 11) is 0.669. The van der Waals surface area contributed by atoms with Crippen molar-refractivity contribution in [2.75, 3.05) is 0 Å². The van der Waals surface area contributed by atoms with Gasteiger partial charge in [-0.25, -0.2) is 0 Å². The van der Waals surface area contributed by atoms with E-state index in [1.165, 1.54) is 16.9 Å². The fraction of sp³-hybridized carbons (Fsp3) is 0. The van der Waals surface area contributed by atoms with Crippen molar-refractivity contribution in [2.45, 2.75) is 0 Å². The number of hydrogen-bond acceptors (Lipinski definition) is 6. The number of rotatable bonds is 3. The predicted molar refractivity (Wildman–Crippen MR) is 128 cm³/mol. The highest BCUT2D eigenvalue weighted by atomic mass is 79.9. The van der Waals surface area contributed by atoms with Gasteiger partial charge in [0.05, 0.1) is 0 Å². The van der Waals surface area contributed by atoms with E-state index in [2.05, 4.69) is 85.3 Å². The van der Waals surface area contributed by atoms with E-state index in [-0.39, 0.29) is 0 Å². The molecule has 0 atom stereocenters. The Morgan fingerprint density at radius 3 is 1.86 bits per heavy atom. The summed E-state index contributed by atoms with van der Waals surface area (Å²) in [6.07, 6.45) is 7.14. The topological polar surface area (TPSA) is 55.2 Å². The molecule has 0 bridgehead atoms. The van der Waals surface area contributed by atoms with Crippen LogP contribution in [0.25, 0.3) is 11.1 Å². The van der Waals surface area contributed by atoms with Gasteiger partial charge < -0.3 is 9.68 Å². The Morgan fingerprint density at radius 2 is 1.39 bits per heavy atom. The van der Waals surface area contributed by atoms with E-state index in [1.54, 1.807) is 41.4 Å². The number of aromatic nitrogens is 2. The van der Waals surface area contributed by atoms with E-state index < -0.39 is 0 Å². The lowest BCUT2D eigenvalue weighted by Gasteiger charge is -1.96. The highest BCUT2D eigenvalue weighted by Crippen LogP contribution is 2.23. The molecule has 10 heteroatoms. The van der Waals surface area contributed by atoms with Crippen LogP contribution in [-0.4, -0.2) is 22.7 Å². The molecule has 4 nitrogen and oxygen atoms in total. The lowest BCUT2D eigenvalue weighted by molar-refractivity contribution is 0.455. The van der Waals surface area contributed by atoms with Gasteiger partial charge in [0.25, 0.3) is 0 Å². The minimum Gasteiger partial charge on any atom is -0.537 e. The third-order valence-electron chi connectivity index (χ3n) is 2.91. The third-order valence-corrected chi connectivity index (χ3v) is 5.56. The van der Waals surface area contributed by atoms with Gasteiger partial charge in [0.15, 0.2) is 0 Å². The van der Waals surface area contributed by atoms with Gasteiger partial charge in [-0.3, -0.25) is 9.97 Å². The van der Waals surface area contributed by atoms with E-state index in [0.717, 1.165) is 19.0 Å². The second-order valence-corrected chi connectivity index (χ2v) is 9.21. The molecule has 4 aromatic rings. The number of pyridine rings is 2. The van der Waals surface area contributed by atoms with Crippen molar-refractivity contribution in [3.63, 3.8) is 0 Å². The molecule has 0 saturated heterocycles. The van der Waals surface area contributed by atoms with E-state index >= 15 is 0 Å². The van der Waals surface area contributed by atoms with Gasteiger partial charge in [0, 0.05) is 49.1 Å². The zero-order chi connectivity index (χ0) is 20.2. The third kappa shape index (κ3) is 8.98. The summed E-state index contributed by atoms with van der Waals surface area (Å²) in [6.45, 7) is 0. The van der Waals surface area contributed by atoms with Gasteiger partial charge in [0.2, 0.25) is 0 Å². The Balaban J connectivity index is 0.000000156. The normalized spacial score (nSPS) is 9.43. The summed E-state index contributed by atoms with van der Waals surface area (Å²) >= 11 is 13.1. The van der Waals surface area contributed by atoms with Crippen LogP contribution in [0.4, 0.5) is 0 Å². The molecule has 0 aliphatic rings. The second-order valence-electron chi connectivity index (χ2n) is 4.91. The van der Waals surface area contributed by atoms with Gasteiger partial charge in [-0.1, -0.05) is 0 Å². The monoisotopic (exact) mass is 601 g/mol. The van der Waals surface area contributed by atoms with Crippen molar-refractivity contribution in [3.05, 3.63) is 84.0 Å². The molecule has 4 aromatic heterocycles. The first-order valence-corrected chi connectivity index (χ1v) is 11.9. The van der Waals surface area contributed by atoms with Gasteiger partial charge in [-0.15, -0.1) is 11.3 Å². The molecule has 0 saturated carbocycles. The van der Waals surface area contributed by atoms with Crippen LogP contribution in [0.1, 0.15) is 0 Å². The Hall–Kier alpha value is -1.04. The smallest absolute Gasteiger partial charge is 0.537 e. The molecular formula is C18H13BBr3N2O2S2. The van der Waals surface area contributed by atoms with Crippen LogP contribution >= 0.6 is 70.5 Å². The number of halogens is 3. The van der Waals surface area contributed by atoms with Crippen molar-refractivity contribution in [2.24, 2.45) is 0 Å². The van der Waals surface area contributed by atoms with Crippen LogP contribution in [0.2, 0.25) is 0 Å². The first-order chi connectivity index (χ1) is 13.6. The van der Waals surface area contributed by atoms with Crippen molar-refractivity contribution in [1.82, 2.24) is 9.97 Å². The highest BCUT2D eigenvalue weighted by molar-refractivity contribution is 9.11. The van der Waals surface area contributed by atoms with Crippen molar-refractivity contribution < 1.29 is 9.68 Å². The van der Waals surface area contributed by atoms with E-state index in [4.69, 9.17) is 5.02 Å². The van der Waals surface area contributed by atoms with E-state index in [0.29, 0.717) is 13.4 Å². The Kier molecular flexibility index (Phi) is 11.0. The van der Waals surface area contributed by atoms with Crippen LogP contribution in [0.5, 0.6) is 5.75 Å². The average Bonchev–Trinajstić information content (AvgIpc) is 3.37. The molecule has 28 heavy (non-hydrogen) atoms. The van der Waals surface area contributed by atoms with Crippen molar-refractivity contribution in [3.8, 4) is 16.9 Å². The van der Waals surface area contributed by atoms with Gasteiger partial charge >= 0.3 is 7.69 Å². The van der Waals surface area contributed by atoms with Crippen molar-refractivity contribution in [1.29, 1.82) is 0 Å². The number of hydrogen-bond donors (Lipinski definition) is 1. The molecule has 1 N–H and O–H groups in total. The molecule has 4 rings (SSSR count). The minimum absolute atomic E-state index is 0.669. The van der Waals surface area contributed by atoms with Gasteiger partial charge in [-0.2, -0.15) is 11.3 Å². The van der Waals surface area contributed by atoms with Crippen LogP contribution < -0.4 is 4.65 Å². The summed E-state index contributed by atoms with van der Waals surface area (Å²) in [5.74, 6) is 0.678. The summed E-state index contributed by atoms with van der Waals surface area (Å²) < 4.78 is 7.59. The standard InChI is InChI=1S/C9H6BrNS.C5H3Br2N.C4H4BO2S/c10-9-3-8(4-11-5-9)7-1-2-12-6-7;6-4-1-5(7)3-8-2-4;6-5-7-4-1-2-8-3-4/h1-6H;1-3H;1-3,6H. The minimum atomic E-state index is 0.669. The quantitative estimate of drug-likeness (QED) is 0.261. The summed E-state index contributed by atoms with van der Waals surface area (Å²) in [5.41, 5.74) is 2.39. The van der Waals surface area contributed by atoms with Crippen LogP contribution in [-0.2, 0) is 0 Å².